The van der Waals surface area contributed by atoms with Crippen LogP contribution in [0.25, 0.3) is 0 Å². The average molecular weight is 222 g/mol. The highest BCUT2D eigenvalue weighted by Crippen LogP contribution is 2.17. The van der Waals surface area contributed by atoms with Crippen LogP contribution in [0.15, 0.2) is 18.2 Å². The maximum Gasteiger partial charge on any atom is 0.119 e. The number of benzene rings is 1. The molecule has 4 N–H and O–H groups in total. The maximum absolute atomic E-state index is 5.66. The summed E-state index contributed by atoms with van der Waals surface area (Å²) >= 11 is 0. The van der Waals surface area contributed by atoms with E-state index < -0.39 is 0 Å². The molecule has 90 valence electrons. The molecule has 0 spiro atoms. The molecule has 3 heteroatoms. The Morgan fingerprint density at radius 1 is 1.06 bits per heavy atom. The summed E-state index contributed by atoms with van der Waals surface area (Å²) in [4.78, 5) is 0. The van der Waals surface area contributed by atoms with Gasteiger partial charge >= 0.3 is 0 Å². The van der Waals surface area contributed by atoms with Crippen molar-refractivity contribution < 1.29 is 4.74 Å². The zero-order valence-corrected chi connectivity index (χ0v) is 10.0. The number of nitrogens with two attached hydrogens (primary N) is 2. The summed E-state index contributed by atoms with van der Waals surface area (Å²) < 4.78 is 5.65. The Bertz CT molecular complexity index is 313. The first-order valence-corrected chi connectivity index (χ1v) is 5.96. The third-order valence-electron chi connectivity index (χ3n) is 2.63. The second-order valence-corrected chi connectivity index (χ2v) is 3.89. The minimum absolute atomic E-state index is 0.513. The lowest BCUT2D eigenvalue weighted by Crippen LogP contribution is -2.07. The maximum atomic E-state index is 5.66. The third kappa shape index (κ3) is 3.83. The molecule has 0 atom stereocenters. The van der Waals surface area contributed by atoms with Crippen LogP contribution in [0.3, 0.4) is 0 Å². The van der Waals surface area contributed by atoms with Crippen molar-refractivity contribution in [3.05, 3.63) is 29.3 Å². The van der Waals surface area contributed by atoms with E-state index in [9.17, 15) is 0 Å². The van der Waals surface area contributed by atoms with Crippen molar-refractivity contribution in [2.24, 2.45) is 11.5 Å². The van der Waals surface area contributed by atoms with Crippen LogP contribution in [0.4, 0.5) is 0 Å². The lowest BCUT2D eigenvalue weighted by Gasteiger charge is -2.10. The predicted molar refractivity (Wildman–Crippen MR) is 67.2 cm³/mol. The first-order chi connectivity index (χ1) is 7.81. The van der Waals surface area contributed by atoms with Crippen LogP contribution in [-0.2, 0) is 13.1 Å². The minimum Gasteiger partial charge on any atom is -0.494 e. The molecule has 0 aliphatic carbocycles. The Balaban J connectivity index is 2.54. The zero-order chi connectivity index (χ0) is 11.8. The Morgan fingerprint density at radius 3 is 2.44 bits per heavy atom. The molecule has 0 saturated heterocycles. The Hall–Kier alpha value is -1.06. The number of ether oxygens (including phenoxy) is 1. The molecule has 0 unspecified atom stereocenters. The predicted octanol–water partition coefficient (Wildman–Crippen LogP) is 2.17. The van der Waals surface area contributed by atoms with Crippen molar-refractivity contribution >= 4 is 0 Å². The van der Waals surface area contributed by atoms with E-state index in [1.807, 2.05) is 18.2 Å². The zero-order valence-electron chi connectivity index (χ0n) is 10.0. The van der Waals surface area contributed by atoms with Gasteiger partial charge in [-0.05, 0) is 29.7 Å². The van der Waals surface area contributed by atoms with Crippen LogP contribution in [0.1, 0.15) is 37.3 Å². The van der Waals surface area contributed by atoms with Gasteiger partial charge in [-0.15, -0.1) is 0 Å². The molecule has 0 fully saturated rings. The fourth-order valence-corrected chi connectivity index (χ4v) is 1.62. The van der Waals surface area contributed by atoms with E-state index in [0.29, 0.717) is 13.1 Å². The molecular formula is C13H22N2O. The van der Waals surface area contributed by atoms with Gasteiger partial charge in [-0.2, -0.15) is 0 Å². The second kappa shape index (κ2) is 7.25. The summed E-state index contributed by atoms with van der Waals surface area (Å²) in [5.74, 6) is 0.897. The SMILES string of the molecule is CCCCCOc1ccc(CN)c(CN)c1. The van der Waals surface area contributed by atoms with Crippen molar-refractivity contribution in [2.45, 2.75) is 39.3 Å². The van der Waals surface area contributed by atoms with E-state index in [2.05, 4.69) is 6.92 Å². The van der Waals surface area contributed by atoms with Crippen LogP contribution in [0, 0.1) is 0 Å². The molecular weight excluding hydrogens is 200 g/mol. The van der Waals surface area contributed by atoms with Gasteiger partial charge in [0, 0.05) is 13.1 Å². The molecule has 0 radical (unpaired) electrons. The molecule has 16 heavy (non-hydrogen) atoms. The summed E-state index contributed by atoms with van der Waals surface area (Å²) in [5, 5.41) is 0. The lowest BCUT2D eigenvalue weighted by molar-refractivity contribution is 0.306. The van der Waals surface area contributed by atoms with Gasteiger partial charge in [0.15, 0.2) is 0 Å². The molecule has 1 aromatic rings. The standard InChI is InChI=1S/C13H22N2O/c1-2-3-4-7-16-13-6-5-11(9-14)12(8-13)10-15/h5-6,8H,2-4,7,9-10,14-15H2,1H3. The topological polar surface area (TPSA) is 61.3 Å². The molecule has 3 nitrogen and oxygen atoms in total. The highest BCUT2D eigenvalue weighted by molar-refractivity contribution is 5.35. The average Bonchev–Trinajstić information content (AvgIpc) is 2.34. The molecule has 0 heterocycles. The smallest absolute Gasteiger partial charge is 0.119 e. The van der Waals surface area contributed by atoms with E-state index >= 15 is 0 Å². The molecule has 0 aliphatic heterocycles. The summed E-state index contributed by atoms with van der Waals surface area (Å²) in [6, 6.07) is 5.96. The fraction of sp³-hybridized carbons (Fsp3) is 0.538. The highest BCUT2D eigenvalue weighted by atomic mass is 16.5. The van der Waals surface area contributed by atoms with E-state index in [-0.39, 0.29) is 0 Å². The molecule has 0 saturated carbocycles. The van der Waals surface area contributed by atoms with Gasteiger partial charge in [-0.1, -0.05) is 25.8 Å². The van der Waals surface area contributed by atoms with Gasteiger partial charge in [0.2, 0.25) is 0 Å². The second-order valence-electron chi connectivity index (χ2n) is 3.89. The van der Waals surface area contributed by atoms with Crippen LogP contribution in [-0.4, -0.2) is 6.61 Å². The van der Waals surface area contributed by atoms with Gasteiger partial charge in [-0.3, -0.25) is 0 Å². The monoisotopic (exact) mass is 222 g/mol. The van der Waals surface area contributed by atoms with Gasteiger partial charge in [0.25, 0.3) is 0 Å². The molecule has 0 aliphatic rings. The van der Waals surface area contributed by atoms with Crippen LogP contribution >= 0.6 is 0 Å². The van der Waals surface area contributed by atoms with Gasteiger partial charge < -0.3 is 16.2 Å². The van der Waals surface area contributed by atoms with Gasteiger partial charge in [0.1, 0.15) is 5.75 Å². The third-order valence-corrected chi connectivity index (χ3v) is 2.63. The Kier molecular flexibility index (Phi) is 5.90. The van der Waals surface area contributed by atoms with Crippen molar-refractivity contribution in [1.29, 1.82) is 0 Å². The Labute approximate surface area is 97.8 Å². The molecule has 0 bridgehead atoms. The van der Waals surface area contributed by atoms with Crippen molar-refractivity contribution in [2.75, 3.05) is 6.61 Å². The highest BCUT2D eigenvalue weighted by Gasteiger charge is 2.01. The van der Waals surface area contributed by atoms with E-state index in [4.69, 9.17) is 16.2 Å². The summed E-state index contributed by atoms with van der Waals surface area (Å²) in [6.07, 6.45) is 3.53. The quantitative estimate of drug-likeness (QED) is 0.695. The van der Waals surface area contributed by atoms with Crippen molar-refractivity contribution in [3.8, 4) is 5.75 Å². The normalized spacial score (nSPS) is 10.4. The summed E-state index contributed by atoms with van der Waals surface area (Å²) in [7, 11) is 0. The first-order valence-electron chi connectivity index (χ1n) is 5.96. The van der Waals surface area contributed by atoms with E-state index in [1.54, 1.807) is 0 Å². The summed E-state index contributed by atoms with van der Waals surface area (Å²) in [5.41, 5.74) is 13.5. The summed E-state index contributed by atoms with van der Waals surface area (Å²) in [6.45, 7) is 4.00. The van der Waals surface area contributed by atoms with Crippen molar-refractivity contribution in [3.63, 3.8) is 0 Å². The van der Waals surface area contributed by atoms with E-state index in [1.165, 1.54) is 12.8 Å². The van der Waals surface area contributed by atoms with Crippen LogP contribution < -0.4 is 16.2 Å². The van der Waals surface area contributed by atoms with Crippen LogP contribution in [0.2, 0.25) is 0 Å². The number of hydrogen-bond acceptors (Lipinski definition) is 3. The number of hydrogen-bond donors (Lipinski definition) is 2. The number of rotatable bonds is 7. The lowest BCUT2D eigenvalue weighted by atomic mass is 10.1. The molecule has 1 aromatic carbocycles. The van der Waals surface area contributed by atoms with E-state index in [0.717, 1.165) is 29.9 Å². The first kappa shape index (κ1) is 13.0. The minimum atomic E-state index is 0.513. The van der Waals surface area contributed by atoms with Gasteiger partial charge in [0.05, 0.1) is 6.61 Å². The van der Waals surface area contributed by atoms with Gasteiger partial charge in [-0.25, -0.2) is 0 Å². The fourth-order valence-electron chi connectivity index (χ4n) is 1.62. The molecule has 1 rings (SSSR count). The number of unbranched alkanes of at least 4 members (excludes halogenated alkanes) is 2. The largest absolute Gasteiger partial charge is 0.494 e. The van der Waals surface area contributed by atoms with Crippen LogP contribution in [0.5, 0.6) is 5.75 Å². The Morgan fingerprint density at radius 2 is 1.81 bits per heavy atom. The van der Waals surface area contributed by atoms with Crippen molar-refractivity contribution in [1.82, 2.24) is 0 Å². The molecule has 0 aromatic heterocycles. The molecule has 0 amide bonds.